The predicted octanol–water partition coefficient (Wildman–Crippen LogP) is 4.20. The topological polar surface area (TPSA) is 162 Å². The number of aliphatic hydroxyl groups excluding tert-OH is 3. The van der Waals surface area contributed by atoms with E-state index in [9.17, 15) is 29.3 Å². The van der Waals surface area contributed by atoms with E-state index in [0.29, 0.717) is 55.4 Å². The third-order valence-corrected chi connectivity index (χ3v) is 12.2. The molecule has 5 N–H and O–H groups in total. The van der Waals surface area contributed by atoms with E-state index in [1.54, 1.807) is 25.3 Å². The van der Waals surface area contributed by atoms with Gasteiger partial charge >= 0.3 is 5.97 Å². The summed E-state index contributed by atoms with van der Waals surface area (Å²) in [6.07, 6.45) is 6.00. The zero-order valence-corrected chi connectivity index (χ0v) is 27.5. The van der Waals surface area contributed by atoms with Crippen LogP contribution in [0.5, 0.6) is 0 Å². The number of amides is 1. The van der Waals surface area contributed by atoms with Crippen LogP contribution in [0.4, 0.5) is 10.1 Å². The highest BCUT2D eigenvalue weighted by molar-refractivity contribution is 7.99. The van der Waals surface area contributed by atoms with Crippen LogP contribution in [0.3, 0.4) is 0 Å². The Morgan fingerprint density at radius 1 is 1.28 bits per heavy atom. The molecular formula is C34H46FN3O7S. The minimum absolute atomic E-state index is 0.00750. The summed E-state index contributed by atoms with van der Waals surface area (Å²) in [7, 11) is 1.57. The zero-order valence-electron chi connectivity index (χ0n) is 26.7. The first-order chi connectivity index (χ1) is 22.0. The molecule has 0 radical (unpaired) electrons. The normalized spacial score (nSPS) is 36.5. The molecule has 3 fully saturated rings. The maximum Gasteiger partial charge on any atom is 0.332 e. The van der Waals surface area contributed by atoms with Gasteiger partial charge in [-0.05, 0) is 86.0 Å². The lowest BCUT2D eigenvalue weighted by atomic mass is 9.45. The average Bonchev–Trinajstić information content (AvgIpc) is 3.32. The molecule has 4 aliphatic rings. The molecule has 0 saturated heterocycles. The van der Waals surface area contributed by atoms with Gasteiger partial charge in [0.1, 0.15) is 18.0 Å². The molecule has 1 amide bonds. The number of thioether (sulfide) groups is 1. The van der Waals surface area contributed by atoms with Gasteiger partial charge in [0, 0.05) is 42.5 Å². The molecule has 10 nitrogen and oxygen atoms in total. The maximum atomic E-state index is 13.5. The van der Waals surface area contributed by atoms with E-state index >= 15 is 0 Å². The molecule has 0 heterocycles. The standard InChI is InChI=1S/C34H46FN3O7S/c1-32-15-21(17-36)26(38-23-6-4-5-20(13-23)30(42)37-11-12-44-3)14-22(32)7-8-24-25-9-10-34(31(43)46-19-35,45-28(41)18-39)33(25,2)16-27(40)29(24)32/h4-6,13-14,17,21,24-25,27,29,31,36,39-40,43H,7-12,15-16,18-19H2,1-3H3,(H,37,42). The van der Waals surface area contributed by atoms with Crippen LogP contribution in [0.1, 0.15) is 62.7 Å². The number of aliphatic hydroxyl groups is 3. The minimum Gasteiger partial charge on any atom is -0.453 e. The van der Waals surface area contributed by atoms with Gasteiger partial charge in [-0.15, -0.1) is 0 Å². The van der Waals surface area contributed by atoms with Crippen LogP contribution in [0.2, 0.25) is 0 Å². The van der Waals surface area contributed by atoms with E-state index in [4.69, 9.17) is 19.9 Å². The molecule has 0 bridgehead atoms. The summed E-state index contributed by atoms with van der Waals surface area (Å²) in [5.41, 5.74) is -1.01. The minimum atomic E-state index is -1.43. The maximum absolute atomic E-state index is 13.5. The first-order valence-corrected chi connectivity index (χ1v) is 17.1. The molecule has 1 aromatic rings. The summed E-state index contributed by atoms with van der Waals surface area (Å²) in [5.74, 6) is -1.49. The van der Waals surface area contributed by atoms with Crippen molar-refractivity contribution >= 4 is 41.3 Å². The SMILES string of the molecule is COCCNC(=O)c1cccc(N=C2C=C3CCC4C(C(O)CC5(C)C4CCC5(OC(=O)CO)C(O)SCF)C3(C)CC2C=N)c1. The van der Waals surface area contributed by atoms with Crippen LogP contribution >= 0.6 is 11.8 Å². The molecule has 12 heteroatoms. The van der Waals surface area contributed by atoms with E-state index in [1.807, 2.05) is 13.0 Å². The van der Waals surface area contributed by atoms with Crippen molar-refractivity contribution in [3.05, 3.63) is 41.5 Å². The number of nitrogens with one attached hydrogen (secondary N) is 2. The fourth-order valence-electron chi connectivity index (χ4n) is 9.39. The highest BCUT2D eigenvalue weighted by Crippen LogP contribution is 2.69. The number of carbonyl (C=O) groups excluding carboxylic acids is 2. The second-order valence-electron chi connectivity index (χ2n) is 13.6. The summed E-state index contributed by atoms with van der Waals surface area (Å²) in [6, 6.07) is 6.22. The van der Waals surface area contributed by atoms with Crippen molar-refractivity contribution in [1.29, 1.82) is 5.41 Å². The number of halogens is 1. The Labute approximate surface area is 273 Å². The Kier molecular flexibility index (Phi) is 10.4. The molecule has 9 atom stereocenters. The van der Waals surface area contributed by atoms with Crippen LogP contribution in [-0.2, 0) is 14.3 Å². The molecule has 9 unspecified atom stereocenters. The lowest BCUT2D eigenvalue weighted by Crippen LogP contribution is -2.63. The highest BCUT2D eigenvalue weighted by atomic mass is 32.2. The van der Waals surface area contributed by atoms with E-state index in [2.05, 4.69) is 18.3 Å². The molecule has 1 aromatic carbocycles. The third-order valence-electron chi connectivity index (χ3n) is 11.4. The number of allylic oxidation sites excluding steroid dienone is 2. The second-order valence-corrected chi connectivity index (χ2v) is 14.6. The fourth-order valence-corrected chi connectivity index (χ4v) is 10.2. The summed E-state index contributed by atoms with van der Waals surface area (Å²) in [5, 5.41) is 43.8. The van der Waals surface area contributed by atoms with Crippen LogP contribution in [0.25, 0.3) is 0 Å². The Bertz CT molecular complexity index is 1390. The quantitative estimate of drug-likeness (QED) is 0.102. The molecule has 46 heavy (non-hydrogen) atoms. The van der Waals surface area contributed by atoms with Crippen molar-refractivity contribution < 1.29 is 38.8 Å². The van der Waals surface area contributed by atoms with Crippen LogP contribution in [0.15, 0.2) is 40.9 Å². The van der Waals surface area contributed by atoms with Gasteiger partial charge in [0.2, 0.25) is 0 Å². The van der Waals surface area contributed by atoms with Crippen molar-refractivity contribution in [3.8, 4) is 0 Å². The summed E-state index contributed by atoms with van der Waals surface area (Å²) >= 11 is 0.667. The number of hydrogen-bond donors (Lipinski definition) is 5. The first-order valence-electron chi connectivity index (χ1n) is 16.0. The zero-order chi connectivity index (χ0) is 33.3. The number of esters is 1. The molecule has 0 aromatic heterocycles. The van der Waals surface area contributed by atoms with Gasteiger partial charge in [0.25, 0.3) is 5.91 Å². The number of aliphatic imine (C=N–C) groups is 1. The third kappa shape index (κ3) is 5.96. The van der Waals surface area contributed by atoms with Gasteiger partial charge < -0.3 is 35.5 Å². The molecule has 3 saturated carbocycles. The smallest absolute Gasteiger partial charge is 0.332 e. The number of alkyl halides is 1. The Morgan fingerprint density at radius 2 is 2.07 bits per heavy atom. The highest BCUT2D eigenvalue weighted by Gasteiger charge is 2.70. The average molecular weight is 660 g/mol. The van der Waals surface area contributed by atoms with E-state index < -0.39 is 46.6 Å². The lowest BCUT2D eigenvalue weighted by Gasteiger charge is -2.61. The first kappa shape index (κ1) is 34.7. The van der Waals surface area contributed by atoms with Gasteiger partial charge in [-0.2, -0.15) is 0 Å². The largest absolute Gasteiger partial charge is 0.453 e. The second kappa shape index (κ2) is 13.8. The van der Waals surface area contributed by atoms with Crippen molar-refractivity contribution in [2.24, 2.45) is 39.5 Å². The number of nitrogens with zero attached hydrogens (tertiary/aromatic N) is 1. The van der Waals surface area contributed by atoms with Gasteiger partial charge in [0.05, 0.1) is 18.4 Å². The van der Waals surface area contributed by atoms with E-state index in [-0.39, 0.29) is 36.0 Å². The Hall–Kier alpha value is -2.64. The Balaban J connectivity index is 1.45. The van der Waals surface area contributed by atoms with Gasteiger partial charge in [-0.25, -0.2) is 9.18 Å². The van der Waals surface area contributed by atoms with Crippen molar-refractivity contribution in [2.75, 3.05) is 32.9 Å². The number of methoxy groups -OCH3 is 1. The number of carbonyl (C=O) groups is 2. The predicted molar refractivity (Wildman–Crippen MR) is 174 cm³/mol. The van der Waals surface area contributed by atoms with Gasteiger partial charge in [-0.3, -0.25) is 9.79 Å². The van der Waals surface area contributed by atoms with Crippen LogP contribution in [-0.4, -0.2) is 89.1 Å². The van der Waals surface area contributed by atoms with Gasteiger partial charge in [0.15, 0.2) is 5.60 Å². The van der Waals surface area contributed by atoms with E-state index in [1.165, 1.54) is 11.8 Å². The molecular weight excluding hydrogens is 613 g/mol. The van der Waals surface area contributed by atoms with Gasteiger partial charge in [-0.1, -0.05) is 37.2 Å². The molecule has 5 rings (SSSR count). The molecule has 0 aliphatic heterocycles. The van der Waals surface area contributed by atoms with Crippen LogP contribution in [0, 0.1) is 39.9 Å². The molecule has 252 valence electrons. The summed E-state index contributed by atoms with van der Waals surface area (Å²) < 4.78 is 24.3. The summed E-state index contributed by atoms with van der Waals surface area (Å²) in [6.45, 7) is 4.06. The number of ether oxygens (including phenoxy) is 2. The van der Waals surface area contributed by atoms with Crippen molar-refractivity contribution in [2.45, 2.75) is 69.5 Å². The molecule has 0 spiro atoms. The monoisotopic (exact) mass is 659 g/mol. The van der Waals surface area contributed by atoms with E-state index in [0.717, 1.165) is 18.6 Å². The van der Waals surface area contributed by atoms with Crippen molar-refractivity contribution in [1.82, 2.24) is 5.32 Å². The Morgan fingerprint density at radius 3 is 2.76 bits per heavy atom. The number of rotatable bonds is 11. The fraction of sp³-hybridized carbons (Fsp3) is 0.647. The molecule has 4 aliphatic carbocycles. The van der Waals surface area contributed by atoms with Crippen LogP contribution < -0.4 is 5.32 Å². The number of benzene rings is 1. The number of fused-ring (bicyclic) bond motifs is 5. The van der Waals surface area contributed by atoms with Crippen molar-refractivity contribution in [3.63, 3.8) is 0 Å². The number of hydrogen-bond acceptors (Lipinski definition) is 10. The summed E-state index contributed by atoms with van der Waals surface area (Å²) in [4.78, 5) is 29.9. The lowest BCUT2D eigenvalue weighted by molar-refractivity contribution is -0.214.